The quantitative estimate of drug-likeness (QED) is 0.875. The van der Waals surface area contributed by atoms with Crippen LogP contribution in [0.5, 0.6) is 0 Å². The van der Waals surface area contributed by atoms with Gasteiger partial charge in [-0.3, -0.25) is 0 Å². The van der Waals surface area contributed by atoms with E-state index >= 15 is 0 Å². The highest BCUT2D eigenvalue weighted by molar-refractivity contribution is 5.15. The molecule has 0 radical (unpaired) electrons. The van der Waals surface area contributed by atoms with Crippen molar-refractivity contribution in [3.63, 3.8) is 0 Å². The number of aliphatic hydroxyl groups excluding tert-OH is 1. The molecule has 5 rings (SSSR count). The molecule has 1 aromatic carbocycles. The van der Waals surface area contributed by atoms with E-state index in [9.17, 15) is 5.11 Å². The first-order valence-electron chi connectivity index (χ1n) is 8.51. The third-order valence-corrected chi connectivity index (χ3v) is 6.32. The van der Waals surface area contributed by atoms with Crippen LogP contribution in [0.15, 0.2) is 30.3 Å². The molecule has 1 heteroatoms. The first kappa shape index (κ1) is 12.9. The van der Waals surface area contributed by atoms with Crippen LogP contribution in [0.3, 0.4) is 0 Å². The van der Waals surface area contributed by atoms with Gasteiger partial charge >= 0.3 is 0 Å². The van der Waals surface area contributed by atoms with E-state index in [1.54, 1.807) is 0 Å². The highest BCUT2D eigenvalue weighted by Crippen LogP contribution is 2.57. The van der Waals surface area contributed by atoms with Gasteiger partial charge in [-0.25, -0.2) is 0 Å². The van der Waals surface area contributed by atoms with Gasteiger partial charge in [0.15, 0.2) is 0 Å². The smallest absolute Gasteiger partial charge is 0.0576 e. The lowest BCUT2D eigenvalue weighted by Gasteiger charge is -2.55. The van der Waals surface area contributed by atoms with E-state index in [4.69, 9.17) is 0 Å². The summed E-state index contributed by atoms with van der Waals surface area (Å²) in [5, 5.41) is 10.7. The molecule has 1 aromatic rings. The number of hydrogen-bond acceptors (Lipinski definition) is 1. The minimum absolute atomic E-state index is 0.0646. The number of rotatable bonds is 4. The largest absolute Gasteiger partial charge is 0.393 e. The van der Waals surface area contributed by atoms with Crippen LogP contribution in [0.25, 0.3) is 0 Å². The minimum Gasteiger partial charge on any atom is -0.393 e. The molecule has 0 spiro atoms. The lowest BCUT2D eigenvalue weighted by Crippen LogP contribution is -2.49. The van der Waals surface area contributed by atoms with Crippen molar-refractivity contribution in [2.45, 2.75) is 51.0 Å². The predicted octanol–water partition coefficient (Wildman–Crippen LogP) is 4.05. The van der Waals surface area contributed by atoms with Crippen molar-refractivity contribution < 1.29 is 5.11 Å². The molecule has 0 aromatic heterocycles. The zero-order valence-corrected chi connectivity index (χ0v) is 12.2. The van der Waals surface area contributed by atoms with Crippen LogP contribution in [0.1, 0.15) is 44.1 Å². The van der Waals surface area contributed by atoms with Gasteiger partial charge in [-0.1, -0.05) is 30.3 Å². The summed E-state index contributed by atoms with van der Waals surface area (Å²) < 4.78 is 0. The molecule has 1 nitrogen and oxygen atoms in total. The Balaban J connectivity index is 1.40. The van der Waals surface area contributed by atoms with Crippen molar-refractivity contribution in [3.05, 3.63) is 35.9 Å². The van der Waals surface area contributed by atoms with Gasteiger partial charge in [0.25, 0.3) is 0 Å². The average molecular weight is 270 g/mol. The van der Waals surface area contributed by atoms with E-state index < -0.39 is 0 Å². The molecule has 0 amide bonds. The van der Waals surface area contributed by atoms with Crippen molar-refractivity contribution in [2.75, 3.05) is 0 Å². The molecule has 0 heterocycles. The number of hydrogen-bond donors (Lipinski definition) is 1. The Kier molecular flexibility index (Phi) is 3.34. The van der Waals surface area contributed by atoms with Crippen molar-refractivity contribution in [2.24, 2.45) is 29.6 Å². The topological polar surface area (TPSA) is 20.2 Å². The lowest BCUT2D eigenvalue weighted by molar-refractivity contribution is -0.0909. The van der Waals surface area contributed by atoms with Gasteiger partial charge in [0, 0.05) is 0 Å². The molecule has 20 heavy (non-hydrogen) atoms. The molecule has 4 aliphatic carbocycles. The second-order valence-corrected chi connectivity index (χ2v) is 7.60. The van der Waals surface area contributed by atoms with E-state index in [-0.39, 0.29) is 6.10 Å². The predicted molar refractivity (Wildman–Crippen MR) is 81.3 cm³/mol. The zero-order valence-electron chi connectivity index (χ0n) is 12.2. The monoisotopic (exact) mass is 270 g/mol. The summed E-state index contributed by atoms with van der Waals surface area (Å²) in [5.41, 5.74) is 1.37. The molecule has 0 aliphatic heterocycles. The van der Waals surface area contributed by atoms with Crippen LogP contribution in [0, 0.1) is 29.6 Å². The van der Waals surface area contributed by atoms with Crippen LogP contribution in [0.4, 0.5) is 0 Å². The standard InChI is InChI=1S/C19H26O/c20-18(7-6-13-4-2-1-3-5-13)19-16-9-14-8-15(11-16)12-17(19)10-14/h1-5,14-20H,6-12H2/t14?,15?,16?,17?,18-,19?/m0/s1. The summed E-state index contributed by atoms with van der Waals surface area (Å²) in [4.78, 5) is 0. The maximum Gasteiger partial charge on any atom is 0.0576 e. The van der Waals surface area contributed by atoms with Gasteiger partial charge in [-0.05, 0) is 80.1 Å². The molecule has 0 saturated heterocycles. The second-order valence-electron chi connectivity index (χ2n) is 7.60. The molecular weight excluding hydrogens is 244 g/mol. The van der Waals surface area contributed by atoms with Crippen LogP contribution in [-0.4, -0.2) is 11.2 Å². The van der Waals surface area contributed by atoms with Gasteiger partial charge in [-0.15, -0.1) is 0 Å². The highest BCUT2D eigenvalue weighted by atomic mass is 16.3. The van der Waals surface area contributed by atoms with E-state index in [0.717, 1.165) is 36.5 Å². The van der Waals surface area contributed by atoms with Crippen molar-refractivity contribution in [1.29, 1.82) is 0 Å². The van der Waals surface area contributed by atoms with Crippen molar-refractivity contribution in [1.82, 2.24) is 0 Å². The van der Waals surface area contributed by atoms with Gasteiger partial charge in [0.2, 0.25) is 0 Å². The first-order valence-corrected chi connectivity index (χ1v) is 8.51. The first-order chi connectivity index (χ1) is 9.79. The normalized spacial score (nSPS) is 40.0. The maximum absolute atomic E-state index is 10.7. The Morgan fingerprint density at radius 3 is 2.10 bits per heavy atom. The molecule has 4 bridgehead atoms. The Morgan fingerprint density at radius 1 is 0.900 bits per heavy atom. The zero-order chi connectivity index (χ0) is 13.5. The molecule has 4 aliphatic rings. The Hall–Kier alpha value is -0.820. The molecule has 0 unspecified atom stereocenters. The summed E-state index contributed by atoms with van der Waals surface area (Å²) in [7, 11) is 0. The molecule has 108 valence electrons. The number of aryl methyl sites for hydroxylation is 1. The van der Waals surface area contributed by atoms with E-state index in [1.165, 1.54) is 37.7 Å². The van der Waals surface area contributed by atoms with E-state index in [0.29, 0.717) is 5.92 Å². The average Bonchev–Trinajstić information content (AvgIpc) is 2.45. The third-order valence-electron chi connectivity index (χ3n) is 6.32. The fraction of sp³-hybridized carbons (Fsp3) is 0.684. The molecule has 1 atom stereocenters. The van der Waals surface area contributed by atoms with Crippen LogP contribution in [0.2, 0.25) is 0 Å². The minimum atomic E-state index is -0.0646. The van der Waals surface area contributed by atoms with Crippen molar-refractivity contribution >= 4 is 0 Å². The van der Waals surface area contributed by atoms with Gasteiger partial charge in [-0.2, -0.15) is 0 Å². The summed E-state index contributed by atoms with van der Waals surface area (Å²) in [6.45, 7) is 0. The summed E-state index contributed by atoms with van der Waals surface area (Å²) in [6.07, 6.45) is 9.09. The Morgan fingerprint density at radius 2 is 1.50 bits per heavy atom. The summed E-state index contributed by atoms with van der Waals surface area (Å²) in [6, 6.07) is 10.6. The number of benzene rings is 1. The summed E-state index contributed by atoms with van der Waals surface area (Å²) >= 11 is 0. The van der Waals surface area contributed by atoms with Crippen molar-refractivity contribution in [3.8, 4) is 0 Å². The Bertz CT molecular complexity index is 424. The second kappa shape index (κ2) is 5.18. The fourth-order valence-electron chi connectivity index (χ4n) is 5.75. The van der Waals surface area contributed by atoms with Gasteiger partial charge in [0.05, 0.1) is 6.10 Å². The van der Waals surface area contributed by atoms with Crippen LogP contribution >= 0.6 is 0 Å². The van der Waals surface area contributed by atoms with E-state index in [2.05, 4.69) is 30.3 Å². The molecule has 1 N–H and O–H groups in total. The van der Waals surface area contributed by atoms with Crippen LogP contribution < -0.4 is 0 Å². The molecule has 4 fully saturated rings. The molecular formula is C19H26O. The SMILES string of the molecule is O[C@@H](CCc1ccccc1)C1C2CC3CC(C2)CC1C3. The van der Waals surface area contributed by atoms with Crippen LogP contribution in [-0.2, 0) is 6.42 Å². The van der Waals surface area contributed by atoms with Gasteiger partial charge in [0.1, 0.15) is 0 Å². The number of aliphatic hydroxyl groups is 1. The van der Waals surface area contributed by atoms with E-state index in [1.807, 2.05) is 0 Å². The summed E-state index contributed by atoms with van der Waals surface area (Å²) in [5.74, 6) is 4.32. The maximum atomic E-state index is 10.7. The highest BCUT2D eigenvalue weighted by Gasteiger charge is 2.50. The fourth-order valence-corrected chi connectivity index (χ4v) is 5.75. The lowest BCUT2D eigenvalue weighted by atomic mass is 9.50. The third kappa shape index (κ3) is 2.30. The molecule has 4 saturated carbocycles. The Labute approximate surface area is 122 Å². The van der Waals surface area contributed by atoms with Gasteiger partial charge < -0.3 is 5.11 Å².